The maximum Gasteiger partial charge on any atom is 0.337 e. The predicted molar refractivity (Wildman–Crippen MR) is 134 cm³/mol. The summed E-state index contributed by atoms with van der Waals surface area (Å²) in [5.41, 5.74) is 1.08. The van der Waals surface area contributed by atoms with Crippen molar-refractivity contribution in [1.82, 2.24) is 8.87 Å². The Kier molecular flexibility index (Phi) is 8.17. The largest absolute Gasteiger partial charge is 0.465 e. The molecule has 1 fully saturated rings. The fraction of sp³-hybridized carbons (Fsp3) is 0.333. The molecule has 1 aromatic heterocycles. The van der Waals surface area contributed by atoms with Crippen LogP contribution in [0.5, 0.6) is 0 Å². The van der Waals surface area contributed by atoms with Gasteiger partial charge in [-0.2, -0.15) is 9.30 Å². The number of benzene rings is 2. The molecule has 11 nitrogen and oxygen atoms in total. The molecule has 13 heteroatoms. The summed E-state index contributed by atoms with van der Waals surface area (Å²) in [7, 11) is -2.42. The average molecular weight is 548 g/mol. The van der Waals surface area contributed by atoms with E-state index >= 15 is 0 Å². The van der Waals surface area contributed by atoms with Gasteiger partial charge >= 0.3 is 11.9 Å². The van der Waals surface area contributed by atoms with Crippen molar-refractivity contribution in [2.45, 2.75) is 18.4 Å². The molecule has 1 amide bonds. The molecule has 0 spiro atoms. The molecule has 0 unspecified atom stereocenters. The van der Waals surface area contributed by atoms with Crippen LogP contribution in [-0.4, -0.2) is 75.2 Å². The van der Waals surface area contributed by atoms with Crippen molar-refractivity contribution in [3.8, 4) is 0 Å². The van der Waals surface area contributed by atoms with Gasteiger partial charge in [0.15, 0.2) is 4.80 Å². The lowest BCUT2D eigenvalue weighted by molar-refractivity contribution is -0.143. The Morgan fingerprint density at radius 2 is 1.73 bits per heavy atom. The highest BCUT2D eigenvalue weighted by atomic mass is 32.2. The highest BCUT2D eigenvalue weighted by Crippen LogP contribution is 2.21. The molecule has 0 bridgehead atoms. The van der Waals surface area contributed by atoms with Gasteiger partial charge in [-0.15, -0.1) is 0 Å². The molecule has 2 heterocycles. The Morgan fingerprint density at radius 3 is 2.38 bits per heavy atom. The lowest BCUT2D eigenvalue weighted by Gasteiger charge is -2.26. The predicted octanol–water partition coefficient (Wildman–Crippen LogP) is 1.81. The lowest BCUT2D eigenvalue weighted by atomic mass is 10.2. The summed E-state index contributed by atoms with van der Waals surface area (Å²) in [6, 6.07) is 10.3. The standard InChI is InChI=1S/C24H25N3O8S2/c1-3-35-21(28)15-27-19-9-6-17(23(30)33-2)14-20(19)36-24(27)25-22(29)16-4-7-18(8-5-16)37(31,32)26-10-12-34-13-11-26/h4-9,14H,3,10-13,15H2,1-2H3. The Hall–Kier alpha value is -3.39. The van der Waals surface area contributed by atoms with E-state index in [1.807, 2.05) is 0 Å². The maximum atomic E-state index is 13.0. The summed E-state index contributed by atoms with van der Waals surface area (Å²) in [5.74, 6) is -1.65. The SMILES string of the molecule is CCOC(=O)Cn1c(=NC(=O)c2ccc(S(=O)(=O)N3CCOCC3)cc2)sc2cc(C(=O)OC)ccc21. The van der Waals surface area contributed by atoms with Crippen molar-refractivity contribution in [2.75, 3.05) is 40.0 Å². The van der Waals surface area contributed by atoms with Crippen molar-refractivity contribution < 1.29 is 37.0 Å². The summed E-state index contributed by atoms with van der Waals surface area (Å²) in [6.07, 6.45) is 0. The molecule has 0 radical (unpaired) electrons. The van der Waals surface area contributed by atoms with Crippen LogP contribution in [0.2, 0.25) is 0 Å². The molecule has 1 aliphatic rings. The second-order valence-corrected chi connectivity index (χ2v) is 10.9. The van der Waals surface area contributed by atoms with Crippen molar-refractivity contribution in [3.63, 3.8) is 0 Å². The lowest BCUT2D eigenvalue weighted by Crippen LogP contribution is -2.40. The van der Waals surface area contributed by atoms with E-state index in [1.165, 1.54) is 40.2 Å². The number of esters is 2. The average Bonchev–Trinajstić information content (AvgIpc) is 3.24. The molecule has 0 N–H and O–H groups in total. The van der Waals surface area contributed by atoms with Gasteiger partial charge in [-0.25, -0.2) is 13.2 Å². The molecule has 1 aliphatic heterocycles. The van der Waals surface area contributed by atoms with Crippen LogP contribution in [-0.2, 0) is 35.6 Å². The van der Waals surface area contributed by atoms with Crippen LogP contribution >= 0.6 is 11.3 Å². The Morgan fingerprint density at radius 1 is 1.05 bits per heavy atom. The molecular formula is C24H25N3O8S2. The smallest absolute Gasteiger partial charge is 0.337 e. The first-order valence-electron chi connectivity index (χ1n) is 11.4. The second-order valence-electron chi connectivity index (χ2n) is 7.91. The molecular weight excluding hydrogens is 522 g/mol. The molecule has 0 saturated carbocycles. The van der Waals surface area contributed by atoms with E-state index in [2.05, 4.69) is 4.99 Å². The molecule has 3 aromatic rings. The molecule has 1 saturated heterocycles. The number of nitrogens with zero attached hydrogens (tertiary/aromatic N) is 3. The Labute approximate surface area is 216 Å². The van der Waals surface area contributed by atoms with Crippen LogP contribution in [0.25, 0.3) is 10.2 Å². The topological polar surface area (TPSA) is 134 Å². The first-order valence-corrected chi connectivity index (χ1v) is 13.6. The second kappa shape index (κ2) is 11.3. The molecule has 2 aromatic carbocycles. The minimum absolute atomic E-state index is 0.0699. The zero-order valence-electron chi connectivity index (χ0n) is 20.2. The van der Waals surface area contributed by atoms with Crippen molar-refractivity contribution in [1.29, 1.82) is 0 Å². The molecule has 0 atom stereocenters. The van der Waals surface area contributed by atoms with E-state index in [0.29, 0.717) is 29.0 Å². The first-order chi connectivity index (χ1) is 17.7. The number of aromatic nitrogens is 1. The number of rotatable bonds is 7. The summed E-state index contributed by atoms with van der Waals surface area (Å²) in [5, 5.41) is 0. The summed E-state index contributed by atoms with van der Waals surface area (Å²) in [4.78, 5) is 41.7. The monoisotopic (exact) mass is 547 g/mol. The molecule has 0 aliphatic carbocycles. The fourth-order valence-electron chi connectivity index (χ4n) is 3.75. The van der Waals surface area contributed by atoms with Crippen LogP contribution in [0.15, 0.2) is 52.4 Å². The number of methoxy groups -OCH3 is 1. The van der Waals surface area contributed by atoms with Crippen LogP contribution < -0.4 is 4.80 Å². The van der Waals surface area contributed by atoms with Gasteiger partial charge in [-0.05, 0) is 49.4 Å². The number of ether oxygens (including phenoxy) is 3. The van der Waals surface area contributed by atoms with Gasteiger partial charge in [0.25, 0.3) is 5.91 Å². The summed E-state index contributed by atoms with van der Waals surface area (Å²) < 4.78 is 44.2. The third kappa shape index (κ3) is 5.80. The van der Waals surface area contributed by atoms with Gasteiger partial charge in [0.1, 0.15) is 6.54 Å². The third-order valence-corrected chi connectivity index (χ3v) is 8.56. The zero-order valence-corrected chi connectivity index (χ0v) is 21.8. The summed E-state index contributed by atoms with van der Waals surface area (Å²) >= 11 is 1.12. The summed E-state index contributed by atoms with van der Waals surface area (Å²) in [6.45, 7) is 2.89. The van der Waals surface area contributed by atoms with Crippen LogP contribution in [0.4, 0.5) is 0 Å². The van der Waals surface area contributed by atoms with Crippen LogP contribution in [0.3, 0.4) is 0 Å². The van der Waals surface area contributed by atoms with Crippen LogP contribution in [0, 0.1) is 0 Å². The molecule has 196 valence electrons. The third-order valence-electron chi connectivity index (χ3n) is 5.60. The maximum absolute atomic E-state index is 13.0. The molecule has 37 heavy (non-hydrogen) atoms. The van der Waals surface area contributed by atoms with Crippen molar-refractivity contribution in [3.05, 3.63) is 58.4 Å². The van der Waals surface area contributed by atoms with Crippen molar-refractivity contribution >= 4 is 49.4 Å². The van der Waals surface area contributed by atoms with E-state index in [1.54, 1.807) is 25.1 Å². The highest BCUT2D eigenvalue weighted by Gasteiger charge is 2.26. The van der Waals surface area contributed by atoms with Gasteiger partial charge in [0.2, 0.25) is 10.0 Å². The van der Waals surface area contributed by atoms with Gasteiger partial charge in [0.05, 0.1) is 47.6 Å². The van der Waals surface area contributed by atoms with Crippen LogP contribution in [0.1, 0.15) is 27.6 Å². The van der Waals surface area contributed by atoms with E-state index < -0.39 is 27.9 Å². The fourth-order valence-corrected chi connectivity index (χ4v) is 6.22. The number of thiazole rings is 1. The number of carbonyl (C=O) groups excluding carboxylic acids is 3. The number of carbonyl (C=O) groups is 3. The van der Waals surface area contributed by atoms with Crippen molar-refractivity contribution in [2.24, 2.45) is 4.99 Å². The minimum Gasteiger partial charge on any atom is -0.465 e. The highest BCUT2D eigenvalue weighted by molar-refractivity contribution is 7.89. The van der Waals surface area contributed by atoms with E-state index in [4.69, 9.17) is 14.2 Å². The van der Waals surface area contributed by atoms with E-state index in [-0.39, 0.29) is 41.5 Å². The van der Waals surface area contributed by atoms with Gasteiger partial charge in [-0.3, -0.25) is 9.59 Å². The van der Waals surface area contributed by atoms with Gasteiger partial charge in [0, 0.05) is 18.7 Å². The van der Waals surface area contributed by atoms with Gasteiger partial charge < -0.3 is 18.8 Å². The Bertz CT molecular complexity index is 1500. The number of morpholine rings is 1. The number of amides is 1. The number of hydrogen-bond acceptors (Lipinski definition) is 9. The number of sulfonamides is 1. The quantitative estimate of drug-likeness (QED) is 0.409. The van der Waals surface area contributed by atoms with E-state index in [9.17, 15) is 22.8 Å². The number of fused-ring (bicyclic) bond motifs is 1. The van der Waals surface area contributed by atoms with Gasteiger partial charge in [-0.1, -0.05) is 11.3 Å². The molecule has 4 rings (SSSR count). The van der Waals surface area contributed by atoms with E-state index in [0.717, 1.165) is 11.3 Å². The first kappa shape index (κ1) is 26.7. The zero-order chi connectivity index (χ0) is 26.6. The normalized spacial score (nSPS) is 15.0. The minimum atomic E-state index is -3.70. The Balaban J connectivity index is 1.69. The number of hydrogen-bond donors (Lipinski definition) is 0.